The van der Waals surface area contributed by atoms with Gasteiger partial charge in [0.25, 0.3) is 10.1 Å². The summed E-state index contributed by atoms with van der Waals surface area (Å²) < 4.78 is 30.7. The summed E-state index contributed by atoms with van der Waals surface area (Å²) in [5.74, 6) is -0.285. The number of phenolic OH excluding ortho intramolecular Hbond substituents is 1. The summed E-state index contributed by atoms with van der Waals surface area (Å²) >= 11 is 0. The first kappa shape index (κ1) is 15.1. The molecule has 8 heteroatoms. The van der Waals surface area contributed by atoms with Crippen molar-refractivity contribution in [2.24, 2.45) is 5.18 Å². The van der Waals surface area contributed by atoms with E-state index >= 15 is 0 Å². The number of fused-ring (bicyclic) bond motifs is 1. The predicted molar refractivity (Wildman–Crippen MR) is 68.0 cm³/mol. The number of aromatic hydroxyl groups is 1. The van der Waals surface area contributed by atoms with Crippen LogP contribution in [-0.2, 0) is 10.1 Å². The summed E-state index contributed by atoms with van der Waals surface area (Å²) in [6.07, 6.45) is 0. The molecule has 0 saturated heterocycles. The SMILES string of the molecule is O=Nc1c(O)ccc2cc(S(=O)(=O)O)ccc12.[NaH]. The van der Waals surface area contributed by atoms with Gasteiger partial charge in [-0.15, -0.1) is 4.91 Å². The van der Waals surface area contributed by atoms with Crippen molar-refractivity contribution in [2.45, 2.75) is 4.90 Å². The van der Waals surface area contributed by atoms with Crippen LogP contribution in [0, 0.1) is 4.91 Å². The van der Waals surface area contributed by atoms with Crippen LogP contribution in [-0.4, -0.2) is 47.6 Å². The van der Waals surface area contributed by atoms with Gasteiger partial charge in [0.1, 0.15) is 5.75 Å². The molecule has 0 aliphatic heterocycles. The molecule has 0 aliphatic carbocycles. The summed E-state index contributed by atoms with van der Waals surface area (Å²) in [4.78, 5) is 10.3. The van der Waals surface area contributed by atoms with Gasteiger partial charge in [0.2, 0.25) is 0 Å². The monoisotopic (exact) mass is 277 g/mol. The molecule has 0 radical (unpaired) electrons. The fraction of sp³-hybridized carbons (Fsp3) is 0. The van der Waals surface area contributed by atoms with Crippen LogP contribution in [0.5, 0.6) is 5.75 Å². The number of hydrogen-bond donors (Lipinski definition) is 2. The van der Waals surface area contributed by atoms with Crippen LogP contribution in [0.4, 0.5) is 5.69 Å². The molecule has 0 aromatic heterocycles. The second-order valence-corrected chi connectivity index (χ2v) is 4.80. The normalized spacial score (nSPS) is 10.9. The van der Waals surface area contributed by atoms with Gasteiger partial charge in [0.05, 0.1) is 4.90 Å². The zero-order valence-corrected chi connectivity index (χ0v) is 9.18. The fourth-order valence-electron chi connectivity index (χ4n) is 1.54. The van der Waals surface area contributed by atoms with Crippen LogP contribution in [0.3, 0.4) is 0 Å². The van der Waals surface area contributed by atoms with Gasteiger partial charge in [-0.25, -0.2) is 0 Å². The molecule has 18 heavy (non-hydrogen) atoms. The van der Waals surface area contributed by atoms with E-state index in [1.807, 2.05) is 0 Å². The average molecular weight is 277 g/mol. The van der Waals surface area contributed by atoms with Gasteiger partial charge in [0, 0.05) is 5.39 Å². The van der Waals surface area contributed by atoms with E-state index in [1.54, 1.807) is 0 Å². The molecule has 2 aromatic rings. The van der Waals surface area contributed by atoms with E-state index in [9.17, 15) is 18.4 Å². The van der Waals surface area contributed by atoms with Crippen LogP contribution in [0.25, 0.3) is 10.8 Å². The van der Waals surface area contributed by atoms with E-state index in [0.29, 0.717) is 10.8 Å². The Bertz CT molecular complexity index is 714. The fourth-order valence-corrected chi connectivity index (χ4v) is 2.05. The molecule has 0 aliphatic rings. The summed E-state index contributed by atoms with van der Waals surface area (Å²) in [6, 6.07) is 6.28. The molecular formula is C10H8NNaO5S. The molecule has 0 saturated carbocycles. The summed E-state index contributed by atoms with van der Waals surface area (Å²) in [6.45, 7) is 0. The molecule has 0 unspecified atom stereocenters. The van der Waals surface area contributed by atoms with Gasteiger partial charge in [0.15, 0.2) is 5.69 Å². The standard InChI is InChI=1S/C10H7NO5S.Na.H/c12-9-4-1-6-5-7(17(14,15)16)2-3-8(6)10(9)11-13;;/h1-5,12H,(H,14,15,16);;. The van der Waals surface area contributed by atoms with E-state index in [-0.39, 0.29) is 45.9 Å². The first-order valence-corrected chi connectivity index (χ1v) is 5.94. The Kier molecular flexibility index (Phi) is 4.46. The molecule has 2 rings (SSSR count). The third kappa shape index (κ3) is 2.70. The Hall–Kier alpha value is -0.990. The summed E-state index contributed by atoms with van der Waals surface area (Å²) in [7, 11) is -4.30. The van der Waals surface area contributed by atoms with Gasteiger partial charge in [-0.1, -0.05) is 12.1 Å². The Labute approximate surface area is 125 Å². The summed E-state index contributed by atoms with van der Waals surface area (Å²) in [5.41, 5.74) is -0.163. The molecule has 0 spiro atoms. The Balaban J connectivity index is 0.00000162. The van der Waals surface area contributed by atoms with Crippen molar-refractivity contribution < 1.29 is 18.1 Å². The Morgan fingerprint density at radius 1 is 1.11 bits per heavy atom. The number of nitroso groups, excluding NO2 is 1. The van der Waals surface area contributed by atoms with Crippen LogP contribution < -0.4 is 0 Å². The van der Waals surface area contributed by atoms with Crippen LogP contribution in [0.1, 0.15) is 0 Å². The van der Waals surface area contributed by atoms with Crippen molar-refractivity contribution in [1.82, 2.24) is 0 Å². The Morgan fingerprint density at radius 3 is 2.33 bits per heavy atom. The minimum atomic E-state index is -4.30. The predicted octanol–water partition coefficient (Wildman–Crippen LogP) is 1.54. The van der Waals surface area contributed by atoms with E-state index in [4.69, 9.17) is 4.55 Å². The molecule has 0 atom stereocenters. The van der Waals surface area contributed by atoms with Gasteiger partial charge >= 0.3 is 29.6 Å². The van der Waals surface area contributed by atoms with Crippen LogP contribution in [0.15, 0.2) is 40.4 Å². The first-order valence-electron chi connectivity index (χ1n) is 4.50. The van der Waals surface area contributed by atoms with Gasteiger partial charge in [-0.05, 0) is 28.8 Å². The second-order valence-electron chi connectivity index (χ2n) is 3.38. The molecule has 6 nitrogen and oxygen atoms in total. The van der Waals surface area contributed by atoms with Crippen molar-refractivity contribution in [1.29, 1.82) is 0 Å². The van der Waals surface area contributed by atoms with E-state index in [2.05, 4.69) is 5.18 Å². The number of rotatable bonds is 2. The minimum absolute atomic E-state index is 0. The number of hydrogen-bond acceptors (Lipinski definition) is 5. The van der Waals surface area contributed by atoms with E-state index < -0.39 is 10.1 Å². The first-order chi connectivity index (χ1) is 7.93. The molecule has 2 aromatic carbocycles. The van der Waals surface area contributed by atoms with Gasteiger partial charge < -0.3 is 5.11 Å². The average Bonchev–Trinajstić information content (AvgIpc) is 2.27. The third-order valence-electron chi connectivity index (χ3n) is 2.33. The summed E-state index contributed by atoms with van der Waals surface area (Å²) in [5, 5.41) is 12.7. The van der Waals surface area contributed by atoms with Crippen LogP contribution in [0.2, 0.25) is 0 Å². The van der Waals surface area contributed by atoms with Crippen molar-refractivity contribution in [3.8, 4) is 5.75 Å². The molecule has 2 N–H and O–H groups in total. The van der Waals surface area contributed by atoms with E-state index in [1.165, 1.54) is 24.3 Å². The zero-order chi connectivity index (χ0) is 12.6. The zero-order valence-electron chi connectivity index (χ0n) is 8.36. The van der Waals surface area contributed by atoms with Crippen molar-refractivity contribution in [3.63, 3.8) is 0 Å². The molecule has 90 valence electrons. The number of benzene rings is 2. The van der Waals surface area contributed by atoms with Crippen molar-refractivity contribution in [2.75, 3.05) is 0 Å². The van der Waals surface area contributed by atoms with Crippen molar-refractivity contribution >= 4 is 56.1 Å². The molecular weight excluding hydrogens is 269 g/mol. The Morgan fingerprint density at radius 2 is 1.78 bits per heavy atom. The second kappa shape index (κ2) is 5.33. The molecule has 0 amide bonds. The van der Waals surface area contributed by atoms with E-state index in [0.717, 1.165) is 6.07 Å². The van der Waals surface area contributed by atoms with Crippen LogP contribution >= 0.6 is 0 Å². The topological polar surface area (TPSA) is 104 Å². The van der Waals surface area contributed by atoms with Gasteiger partial charge in [-0.2, -0.15) is 8.42 Å². The molecule has 0 heterocycles. The quantitative estimate of drug-likeness (QED) is 0.492. The molecule has 0 fully saturated rings. The van der Waals surface area contributed by atoms with Gasteiger partial charge in [-0.3, -0.25) is 4.55 Å². The maximum absolute atomic E-state index is 10.9. The number of phenols is 1. The maximum atomic E-state index is 10.9. The third-order valence-corrected chi connectivity index (χ3v) is 3.18. The number of nitrogens with zero attached hydrogens (tertiary/aromatic N) is 1. The van der Waals surface area contributed by atoms with Crippen molar-refractivity contribution in [3.05, 3.63) is 35.2 Å². The molecule has 0 bridgehead atoms.